The molecule has 2 N–H and O–H groups in total. The van der Waals surface area contributed by atoms with Gasteiger partial charge in [0.05, 0.1) is 18.4 Å². The maximum Gasteiger partial charge on any atom is 0.306 e. The van der Waals surface area contributed by atoms with E-state index in [2.05, 4.69) is 5.32 Å². The number of rotatable bonds is 5. The fourth-order valence-corrected chi connectivity index (χ4v) is 4.40. The first kappa shape index (κ1) is 17.8. The molecule has 1 amide bonds. The molecule has 0 aliphatic heterocycles. The molecular weight excluding hydrogens is 318 g/mol. The Morgan fingerprint density at radius 1 is 1.24 bits per heavy atom. The summed E-state index contributed by atoms with van der Waals surface area (Å²) in [5.41, 5.74) is 1.56. The van der Waals surface area contributed by atoms with Gasteiger partial charge in [0.25, 0.3) is 0 Å². The highest BCUT2D eigenvalue weighted by Crippen LogP contribution is 2.43. The summed E-state index contributed by atoms with van der Waals surface area (Å²) in [6, 6.07) is 6.02. The highest BCUT2D eigenvalue weighted by Gasteiger charge is 2.44. The number of carbonyl (C=O) groups excluding carboxylic acids is 1. The van der Waals surface area contributed by atoms with Crippen LogP contribution in [0.25, 0.3) is 0 Å². The molecule has 0 aromatic heterocycles. The predicted molar refractivity (Wildman–Crippen MR) is 94.8 cm³/mol. The summed E-state index contributed by atoms with van der Waals surface area (Å²) < 4.78 is 5.45. The molecule has 2 aliphatic carbocycles. The molecule has 2 aliphatic rings. The van der Waals surface area contributed by atoms with Crippen molar-refractivity contribution in [3.05, 3.63) is 29.3 Å². The first-order valence-corrected chi connectivity index (χ1v) is 9.15. The first-order valence-electron chi connectivity index (χ1n) is 9.15. The zero-order chi connectivity index (χ0) is 18.0. The monoisotopic (exact) mass is 345 g/mol. The van der Waals surface area contributed by atoms with Crippen LogP contribution < -0.4 is 10.1 Å². The lowest BCUT2D eigenvalue weighted by Gasteiger charge is -2.30. The fraction of sp³-hybridized carbons (Fsp3) is 0.600. The zero-order valence-electron chi connectivity index (χ0n) is 15.0. The van der Waals surface area contributed by atoms with E-state index in [4.69, 9.17) is 9.84 Å². The van der Waals surface area contributed by atoms with Gasteiger partial charge in [-0.05, 0) is 56.2 Å². The Kier molecular flexibility index (Phi) is 5.02. The van der Waals surface area contributed by atoms with Crippen LogP contribution in [0.3, 0.4) is 0 Å². The lowest BCUT2D eigenvalue weighted by atomic mass is 9.77. The van der Waals surface area contributed by atoms with Gasteiger partial charge >= 0.3 is 5.97 Å². The van der Waals surface area contributed by atoms with Gasteiger partial charge in [0, 0.05) is 6.04 Å². The second-order valence-electron chi connectivity index (χ2n) is 7.49. The van der Waals surface area contributed by atoms with Gasteiger partial charge in [-0.2, -0.15) is 0 Å². The normalized spacial score (nSPS) is 24.9. The predicted octanol–water partition coefficient (Wildman–Crippen LogP) is 3.18. The maximum absolute atomic E-state index is 13.2. The minimum atomic E-state index is -0.754. The van der Waals surface area contributed by atoms with Crippen LogP contribution in [0, 0.1) is 12.8 Å². The van der Waals surface area contributed by atoms with Crippen molar-refractivity contribution >= 4 is 11.9 Å². The Morgan fingerprint density at radius 3 is 2.56 bits per heavy atom. The van der Waals surface area contributed by atoms with Crippen molar-refractivity contribution in [3.8, 4) is 5.75 Å². The lowest BCUT2D eigenvalue weighted by Crippen LogP contribution is -2.46. The lowest BCUT2D eigenvalue weighted by molar-refractivity contribution is -0.141. The van der Waals surface area contributed by atoms with Crippen LogP contribution in [-0.2, 0) is 15.0 Å². The van der Waals surface area contributed by atoms with Gasteiger partial charge in [0.2, 0.25) is 5.91 Å². The minimum Gasteiger partial charge on any atom is -0.496 e. The molecule has 3 rings (SSSR count). The molecule has 5 nitrogen and oxygen atoms in total. The van der Waals surface area contributed by atoms with E-state index in [0.29, 0.717) is 12.8 Å². The number of methoxy groups -OCH3 is 1. The van der Waals surface area contributed by atoms with Gasteiger partial charge in [-0.25, -0.2) is 0 Å². The molecule has 5 heteroatoms. The van der Waals surface area contributed by atoms with E-state index < -0.39 is 11.4 Å². The van der Waals surface area contributed by atoms with Gasteiger partial charge < -0.3 is 15.2 Å². The number of ether oxygens (including phenoxy) is 1. The van der Waals surface area contributed by atoms with Crippen molar-refractivity contribution in [1.82, 2.24) is 5.32 Å². The van der Waals surface area contributed by atoms with Crippen molar-refractivity contribution in [2.24, 2.45) is 5.92 Å². The molecule has 0 spiro atoms. The average Bonchev–Trinajstić information content (AvgIpc) is 3.25. The summed E-state index contributed by atoms with van der Waals surface area (Å²) >= 11 is 0. The quantitative estimate of drug-likeness (QED) is 0.859. The molecule has 136 valence electrons. The number of amides is 1. The SMILES string of the molecule is COc1cc(C2(C(=O)N[C@@H]3CC[C@H](C(=O)O)C3)CCCC2)ccc1C. The molecule has 2 fully saturated rings. The van der Waals surface area contributed by atoms with Crippen molar-refractivity contribution < 1.29 is 19.4 Å². The summed E-state index contributed by atoms with van der Waals surface area (Å²) in [6.07, 6.45) is 5.66. The Balaban J connectivity index is 1.81. The molecule has 0 unspecified atom stereocenters. The standard InChI is InChI=1S/C20H27NO4/c1-13-5-7-15(12-17(13)25-2)20(9-3-4-10-20)19(24)21-16-8-6-14(11-16)18(22)23/h5,7,12,14,16H,3-4,6,8-11H2,1-2H3,(H,21,24)(H,22,23)/t14-,16+/m0/s1. The van der Waals surface area contributed by atoms with Crippen LogP contribution in [0.2, 0.25) is 0 Å². The number of aryl methyl sites for hydroxylation is 1. The van der Waals surface area contributed by atoms with E-state index in [9.17, 15) is 9.59 Å². The van der Waals surface area contributed by atoms with Crippen LogP contribution in [0.1, 0.15) is 56.1 Å². The third kappa shape index (κ3) is 3.37. The van der Waals surface area contributed by atoms with Gasteiger partial charge in [-0.1, -0.05) is 25.0 Å². The second kappa shape index (κ2) is 7.06. The van der Waals surface area contributed by atoms with E-state index >= 15 is 0 Å². The fourth-order valence-electron chi connectivity index (χ4n) is 4.40. The molecule has 0 saturated heterocycles. The zero-order valence-corrected chi connectivity index (χ0v) is 15.0. The first-order chi connectivity index (χ1) is 12.0. The number of nitrogens with one attached hydrogen (secondary N) is 1. The molecule has 0 radical (unpaired) electrons. The summed E-state index contributed by atoms with van der Waals surface area (Å²) in [5, 5.41) is 12.3. The minimum absolute atomic E-state index is 0.0292. The van der Waals surface area contributed by atoms with Crippen LogP contribution in [0.5, 0.6) is 5.75 Å². The molecule has 0 heterocycles. The van der Waals surface area contributed by atoms with Gasteiger partial charge in [-0.15, -0.1) is 0 Å². The van der Waals surface area contributed by atoms with Gasteiger partial charge in [0.1, 0.15) is 5.75 Å². The Morgan fingerprint density at radius 2 is 1.96 bits per heavy atom. The van der Waals surface area contributed by atoms with Gasteiger partial charge in [0.15, 0.2) is 0 Å². The number of carbonyl (C=O) groups is 2. The number of carboxylic acids is 1. The van der Waals surface area contributed by atoms with Gasteiger partial charge in [-0.3, -0.25) is 9.59 Å². The largest absolute Gasteiger partial charge is 0.496 e. The number of carboxylic acid groups (broad SMARTS) is 1. The van der Waals surface area contributed by atoms with Crippen LogP contribution >= 0.6 is 0 Å². The van der Waals surface area contributed by atoms with Crippen LogP contribution in [0.4, 0.5) is 0 Å². The van der Waals surface area contributed by atoms with E-state index in [1.807, 2.05) is 25.1 Å². The third-order valence-corrected chi connectivity index (χ3v) is 5.97. The van der Waals surface area contributed by atoms with Crippen molar-refractivity contribution in [2.45, 2.75) is 63.3 Å². The number of benzene rings is 1. The molecule has 25 heavy (non-hydrogen) atoms. The molecular formula is C20H27NO4. The Hall–Kier alpha value is -2.04. The van der Waals surface area contributed by atoms with E-state index in [-0.39, 0.29) is 17.9 Å². The summed E-state index contributed by atoms with van der Waals surface area (Å²) in [6.45, 7) is 1.99. The van der Waals surface area contributed by atoms with Crippen molar-refractivity contribution in [3.63, 3.8) is 0 Å². The molecule has 1 aromatic carbocycles. The molecule has 2 saturated carbocycles. The highest BCUT2D eigenvalue weighted by molar-refractivity contribution is 5.89. The van der Waals surface area contributed by atoms with Crippen molar-refractivity contribution in [2.75, 3.05) is 7.11 Å². The Bertz CT molecular complexity index is 664. The van der Waals surface area contributed by atoms with Crippen molar-refractivity contribution in [1.29, 1.82) is 0 Å². The van der Waals surface area contributed by atoms with Crippen LogP contribution in [0.15, 0.2) is 18.2 Å². The summed E-state index contributed by atoms with van der Waals surface area (Å²) in [7, 11) is 1.65. The highest BCUT2D eigenvalue weighted by atomic mass is 16.5. The number of hydrogen-bond acceptors (Lipinski definition) is 3. The summed E-state index contributed by atoms with van der Waals surface area (Å²) in [4.78, 5) is 24.3. The maximum atomic E-state index is 13.2. The third-order valence-electron chi connectivity index (χ3n) is 5.97. The summed E-state index contributed by atoms with van der Waals surface area (Å²) in [5.74, 6) is -0.227. The number of aliphatic carboxylic acids is 1. The molecule has 2 atom stereocenters. The van der Waals surface area contributed by atoms with E-state index in [1.165, 1.54) is 0 Å². The smallest absolute Gasteiger partial charge is 0.306 e. The molecule has 0 bridgehead atoms. The second-order valence-corrected chi connectivity index (χ2v) is 7.49. The molecule has 1 aromatic rings. The number of hydrogen-bond donors (Lipinski definition) is 2. The average molecular weight is 345 g/mol. The van der Waals surface area contributed by atoms with E-state index in [0.717, 1.165) is 49.0 Å². The topological polar surface area (TPSA) is 75.6 Å². The van der Waals surface area contributed by atoms with Crippen LogP contribution in [-0.4, -0.2) is 30.1 Å². The Labute approximate surface area is 148 Å². The van der Waals surface area contributed by atoms with E-state index in [1.54, 1.807) is 7.11 Å².